The minimum atomic E-state index is 0.0486. The second kappa shape index (κ2) is 5.34. The molecule has 2 fully saturated rings. The fourth-order valence-electron chi connectivity index (χ4n) is 2.95. The van der Waals surface area contributed by atoms with E-state index in [0.717, 1.165) is 32.1 Å². The van der Waals surface area contributed by atoms with Crippen molar-refractivity contribution in [2.24, 2.45) is 11.8 Å². The van der Waals surface area contributed by atoms with Crippen LogP contribution in [-0.2, 0) is 4.79 Å². The Morgan fingerprint density at radius 1 is 1.06 bits per heavy atom. The number of rotatable bonds is 2. The molecule has 3 nitrogen and oxygen atoms in total. The molecule has 16 heavy (non-hydrogen) atoms. The molecule has 0 spiro atoms. The predicted octanol–water partition coefficient (Wildman–Crippen LogP) is 2.38. The Bertz CT molecular complexity index is 289. The number of nitrogens with one attached hydrogen (secondary N) is 1. The number of nitriles is 1. The minimum absolute atomic E-state index is 0.0486. The van der Waals surface area contributed by atoms with Gasteiger partial charge in [-0.3, -0.25) is 4.79 Å². The first-order valence-corrected chi connectivity index (χ1v) is 6.51. The molecule has 2 unspecified atom stereocenters. The summed E-state index contributed by atoms with van der Waals surface area (Å²) in [6.07, 6.45) is 8.73. The van der Waals surface area contributed by atoms with Crippen molar-refractivity contribution < 1.29 is 4.79 Å². The molecule has 0 saturated heterocycles. The van der Waals surface area contributed by atoms with Gasteiger partial charge in [-0.15, -0.1) is 0 Å². The molecule has 0 aromatic carbocycles. The van der Waals surface area contributed by atoms with Gasteiger partial charge in [-0.1, -0.05) is 19.3 Å². The highest BCUT2D eigenvalue weighted by Gasteiger charge is 2.30. The third kappa shape index (κ3) is 2.55. The van der Waals surface area contributed by atoms with Gasteiger partial charge in [0, 0.05) is 12.0 Å². The Morgan fingerprint density at radius 2 is 1.81 bits per heavy atom. The minimum Gasteiger partial charge on any atom is -0.352 e. The third-order valence-corrected chi connectivity index (χ3v) is 3.99. The van der Waals surface area contributed by atoms with Gasteiger partial charge in [0.15, 0.2) is 0 Å². The van der Waals surface area contributed by atoms with E-state index in [4.69, 9.17) is 5.26 Å². The quantitative estimate of drug-likeness (QED) is 0.776. The zero-order valence-electron chi connectivity index (χ0n) is 9.74. The molecule has 2 saturated carbocycles. The van der Waals surface area contributed by atoms with E-state index in [1.54, 1.807) is 0 Å². The summed E-state index contributed by atoms with van der Waals surface area (Å²) in [5.74, 6) is 0.466. The second-order valence-electron chi connectivity index (χ2n) is 5.12. The first-order chi connectivity index (χ1) is 7.81. The summed E-state index contributed by atoms with van der Waals surface area (Å²) in [6.45, 7) is 0. The Hall–Kier alpha value is -1.04. The van der Waals surface area contributed by atoms with E-state index in [1.807, 2.05) is 0 Å². The van der Waals surface area contributed by atoms with Crippen LogP contribution in [-0.4, -0.2) is 11.9 Å². The molecular formula is C13H20N2O. The molecule has 88 valence electrons. The van der Waals surface area contributed by atoms with Crippen LogP contribution in [0.5, 0.6) is 0 Å². The van der Waals surface area contributed by atoms with Gasteiger partial charge in [0.05, 0.1) is 12.0 Å². The lowest BCUT2D eigenvalue weighted by Gasteiger charge is -2.24. The molecule has 3 heteroatoms. The lowest BCUT2D eigenvalue weighted by Crippen LogP contribution is -2.41. The summed E-state index contributed by atoms with van der Waals surface area (Å²) in [6, 6.07) is 2.43. The van der Waals surface area contributed by atoms with Crippen LogP contribution >= 0.6 is 0 Å². The maximum absolute atomic E-state index is 12.0. The van der Waals surface area contributed by atoms with E-state index >= 15 is 0 Å². The van der Waals surface area contributed by atoms with E-state index in [0.29, 0.717) is 0 Å². The van der Waals surface area contributed by atoms with Crippen molar-refractivity contribution in [2.45, 2.75) is 57.4 Å². The molecule has 2 atom stereocenters. The standard InChI is InChI=1S/C13H20N2O/c14-9-11-7-4-8-12(11)15-13(16)10-5-2-1-3-6-10/h10-12H,1-8H2,(H,15,16). The number of carbonyl (C=O) groups excluding carboxylic acids is 1. The highest BCUT2D eigenvalue weighted by molar-refractivity contribution is 5.79. The van der Waals surface area contributed by atoms with E-state index < -0.39 is 0 Å². The molecular weight excluding hydrogens is 200 g/mol. The Morgan fingerprint density at radius 3 is 2.50 bits per heavy atom. The number of carbonyl (C=O) groups is 1. The van der Waals surface area contributed by atoms with Gasteiger partial charge in [0.2, 0.25) is 5.91 Å². The van der Waals surface area contributed by atoms with Crippen molar-refractivity contribution in [3.8, 4) is 6.07 Å². The van der Waals surface area contributed by atoms with Crippen LogP contribution in [0.1, 0.15) is 51.4 Å². The fraction of sp³-hybridized carbons (Fsp3) is 0.846. The summed E-state index contributed by atoms with van der Waals surface area (Å²) in [7, 11) is 0. The smallest absolute Gasteiger partial charge is 0.223 e. The first-order valence-electron chi connectivity index (χ1n) is 6.51. The Balaban J connectivity index is 1.84. The average molecular weight is 220 g/mol. The summed E-state index contributed by atoms with van der Waals surface area (Å²) in [5.41, 5.74) is 0. The zero-order valence-corrected chi connectivity index (χ0v) is 9.74. The van der Waals surface area contributed by atoms with Crippen molar-refractivity contribution in [2.75, 3.05) is 0 Å². The Kier molecular flexibility index (Phi) is 3.82. The third-order valence-electron chi connectivity index (χ3n) is 3.99. The normalized spacial score (nSPS) is 30.9. The Labute approximate surface area is 97.2 Å². The van der Waals surface area contributed by atoms with Gasteiger partial charge in [-0.2, -0.15) is 5.26 Å². The van der Waals surface area contributed by atoms with E-state index in [1.165, 1.54) is 19.3 Å². The van der Waals surface area contributed by atoms with Crippen molar-refractivity contribution in [1.82, 2.24) is 5.32 Å². The van der Waals surface area contributed by atoms with Gasteiger partial charge < -0.3 is 5.32 Å². The molecule has 0 radical (unpaired) electrons. The van der Waals surface area contributed by atoms with Crippen molar-refractivity contribution >= 4 is 5.91 Å². The van der Waals surface area contributed by atoms with Crippen LogP contribution in [0.15, 0.2) is 0 Å². The first kappa shape index (κ1) is 11.4. The summed E-state index contributed by atoms with van der Waals surface area (Å²) in [4.78, 5) is 12.0. The molecule has 0 aromatic rings. The monoisotopic (exact) mass is 220 g/mol. The highest BCUT2D eigenvalue weighted by atomic mass is 16.1. The van der Waals surface area contributed by atoms with Crippen LogP contribution in [0.2, 0.25) is 0 Å². The van der Waals surface area contributed by atoms with Crippen LogP contribution in [0.4, 0.5) is 0 Å². The van der Waals surface area contributed by atoms with Gasteiger partial charge in [0.25, 0.3) is 0 Å². The fourth-order valence-corrected chi connectivity index (χ4v) is 2.95. The van der Waals surface area contributed by atoms with Gasteiger partial charge in [0.1, 0.15) is 0 Å². The van der Waals surface area contributed by atoms with Crippen molar-refractivity contribution in [3.05, 3.63) is 0 Å². The van der Waals surface area contributed by atoms with Gasteiger partial charge in [-0.25, -0.2) is 0 Å². The van der Waals surface area contributed by atoms with Gasteiger partial charge in [-0.05, 0) is 32.1 Å². The molecule has 0 aromatic heterocycles. The number of hydrogen-bond donors (Lipinski definition) is 1. The second-order valence-corrected chi connectivity index (χ2v) is 5.12. The molecule has 2 aliphatic rings. The maximum Gasteiger partial charge on any atom is 0.223 e. The van der Waals surface area contributed by atoms with Crippen LogP contribution < -0.4 is 5.32 Å². The van der Waals surface area contributed by atoms with Crippen molar-refractivity contribution in [3.63, 3.8) is 0 Å². The molecule has 2 aliphatic carbocycles. The van der Waals surface area contributed by atoms with Crippen LogP contribution in [0.25, 0.3) is 0 Å². The molecule has 0 aliphatic heterocycles. The number of hydrogen-bond acceptors (Lipinski definition) is 2. The van der Waals surface area contributed by atoms with Crippen LogP contribution in [0.3, 0.4) is 0 Å². The lowest BCUT2D eigenvalue weighted by atomic mass is 9.88. The van der Waals surface area contributed by atoms with Crippen LogP contribution in [0, 0.1) is 23.2 Å². The molecule has 1 amide bonds. The zero-order chi connectivity index (χ0) is 11.4. The van der Waals surface area contributed by atoms with Gasteiger partial charge >= 0.3 is 0 Å². The molecule has 0 bridgehead atoms. The van der Waals surface area contributed by atoms with E-state index in [-0.39, 0.29) is 23.8 Å². The van der Waals surface area contributed by atoms with E-state index in [9.17, 15) is 4.79 Å². The predicted molar refractivity (Wildman–Crippen MR) is 61.5 cm³/mol. The number of nitrogens with zero attached hydrogens (tertiary/aromatic N) is 1. The summed E-state index contributed by atoms with van der Waals surface area (Å²) < 4.78 is 0. The highest BCUT2D eigenvalue weighted by Crippen LogP contribution is 2.27. The molecule has 0 heterocycles. The molecule has 2 rings (SSSR count). The number of amides is 1. The maximum atomic E-state index is 12.0. The summed E-state index contributed by atoms with van der Waals surface area (Å²) in [5, 5.41) is 12.0. The largest absolute Gasteiger partial charge is 0.352 e. The summed E-state index contributed by atoms with van der Waals surface area (Å²) >= 11 is 0. The lowest BCUT2D eigenvalue weighted by molar-refractivity contribution is -0.126. The molecule has 1 N–H and O–H groups in total. The van der Waals surface area contributed by atoms with Crippen molar-refractivity contribution in [1.29, 1.82) is 5.26 Å². The van der Waals surface area contributed by atoms with E-state index in [2.05, 4.69) is 11.4 Å². The average Bonchev–Trinajstić information content (AvgIpc) is 2.77. The SMILES string of the molecule is N#CC1CCCC1NC(=O)C1CCCCC1. The topological polar surface area (TPSA) is 52.9 Å².